The lowest BCUT2D eigenvalue weighted by atomic mass is 9.80. The fraction of sp³-hybridized carbons (Fsp3) is 0.667. The number of likely N-dealkylation sites (tertiary alicyclic amines) is 1. The summed E-state index contributed by atoms with van der Waals surface area (Å²) >= 11 is 0. The third-order valence-corrected chi connectivity index (χ3v) is 6.73. The van der Waals surface area contributed by atoms with Crippen molar-refractivity contribution < 1.29 is 18.0 Å². The maximum atomic E-state index is 13.0. The van der Waals surface area contributed by atoms with Crippen LogP contribution in [0, 0.1) is 18.8 Å². The Morgan fingerprint density at radius 3 is 2.52 bits per heavy atom. The summed E-state index contributed by atoms with van der Waals surface area (Å²) in [6.45, 7) is 5.54. The summed E-state index contributed by atoms with van der Waals surface area (Å²) in [5, 5.41) is 4.79. The number of fused-ring (bicyclic) bond motifs is 1. The van der Waals surface area contributed by atoms with Crippen molar-refractivity contribution in [2.45, 2.75) is 64.0 Å². The van der Waals surface area contributed by atoms with Crippen molar-refractivity contribution in [3.05, 3.63) is 29.2 Å². The van der Waals surface area contributed by atoms with Gasteiger partial charge in [-0.25, -0.2) is 9.50 Å². The molecule has 4 rings (SSSR count). The number of aryl methyl sites for hydroxylation is 1. The third kappa shape index (κ3) is 3.98. The largest absolute Gasteiger partial charge is 0.391 e. The molecule has 0 radical (unpaired) electrons. The van der Waals surface area contributed by atoms with E-state index in [1.165, 1.54) is 0 Å². The average Bonchev–Trinajstić information content (AvgIpc) is 3.11. The molecule has 2 aromatic heterocycles. The van der Waals surface area contributed by atoms with Crippen molar-refractivity contribution in [2.75, 3.05) is 13.1 Å². The lowest BCUT2D eigenvalue weighted by Gasteiger charge is -2.35. The topological polar surface area (TPSA) is 50.5 Å². The van der Waals surface area contributed by atoms with Crippen LogP contribution < -0.4 is 0 Å². The van der Waals surface area contributed by atoms with E-state index >= 15 is 0 Å². The first kappa shape index (κ1) is 20.2. The van der Waals surface area contributed by atoms with E-state index in [2.05, 4.69) is 11.9 Å². The van der Waals surface area contributed by atoms with E-state index in [9.17, 15) is 18.0 Å². The zero-order valence-corrected chi connectivity index (χ0v) is 16.8. The lowest BCUT2D eigenvalue weighted by Crippen LogP contribution is -2.38. The van der Waals surface area contributed by atoms with Gasteiger partial charge in [0.1, 0.15) is 0 Å². The zero-order valence-electron chi connectivity index (χ0n) is 16.8. The summed E-state index contributed by atoms with van der Waals surface area (Å²) in [7, 11) is 0. The lowest BCUT2D eigenvalue weighted by molar-refractivity contribution is -0.182. The van der Waals surface area contributed by atoms with Crippen LogP contribution in [-0.2, 0) is 4.79 Å². The Bertz CT molecular complexity index is 886. The molecule has 1 amide bonds. The molecule has 0 N–H and O–H groups in total. The van der Waals surface area contributed by atoms with Gasteiger partial charge in [-0.15, -0.1) is 0 Å². The highest BCUT2D eigenvalue weighted by Gasteiger charge is 2.42. The van der Waals surface area contributed by atoms with Crippen LogP contribution in [0.4, 0.5) is 13.2 Å². The van der Waals surface area contributed by atoms with E-state index in [1.54, 1.807) is 4.90 Å². The number of alkyl halides is 3. The molecular weight excluding hydrogens is 381 g/mol. The van der Waals surface area contributed by atoms with Gasteiger partial charge in [-0.2, -0.15) is 18.3 Å². The molecule has 1 aliphatic heterocycles. The van der Waals surface area contributed by atoms with Crippen molar-refractivity contribution in [1.29, 1.82) is 0 Å². The van der Waals surface area contributed by atoms with Crippen molar-refractivity contribution >= 4 is 12.1 Å². The van der Waals surface area contributed by atoms with Crippen molar-refractivity contribution in [2.24, 2.45) is 11.8 Å². The van der Waals surface area contributed by atoms with E-state index in [1.807, 2.05) is 23.6 Å². The second-order valence-electron chi connectivity index (χ2n) is 8.72. The Hall–Kier alpha value is -2.12. The van der Waals surface area contributed by atoms with Crippen LogP contribution in [0.2, 0.25) is 0 Å². The Labute approximate surface area is 168 Å². The zero-order chi connectivity index (χ0) is 20.8. The number of hydrogen-bond acceptors (Lipinski definition) is 3. The van der Waals surface area contributed by atoms with E-state index in [0.29, 0.717) is 25.3 Å². The van der Waals surface area contributed by atoms with Gasteiger partial charge in [0.25, 0.3) is 0 Å². The van der Waals surface area contributed by atoms with Crippen LogP contribution >= 0.6 is 0 Å². The van der Waals surface area contributed by atoms with Gasteiger partial charge in [-0.1, -0.05) is 6.92 Å². The molecule has 2 aromatic rings. The predicted octanol–water partition coefficient (Wildman–Crippen LogP) is 4.46. The van der Waals surface area contributed by atoms with E-state index < -0.39 is 12.1 Å². The van der Waals surface area contributed by atoms with Gasteiger partial charge < -0.3 is 4.90 Å². The van der Waals surface area contributed by atoms with Gasteiger partial charge in [0.15, 0.2) is 5.65 Å². The van der Waals surface area contributed by atoms with E-state index in [0.717, 1.165) is 42.1 Å². The molecule has 8 heteroatoms. The number of amides is 1. The van der Waals surface area contributed by atoms with Crippen LogP contribution in [0.3, 0.4) is 0 Å². The van der Waals surface area contributed by atoms with Crippen LogP contribution in [-0.4, -0.2) is 45.2 Å². The van der Waals surface area contributed by atoms with Crippen LogP contribution in [0.15, 0.2) is 12.1 Å². The Kier molecular flexibility index (Phi) is 5.29. The molecule has 0 bridgehead atoms. The molecule has 0 unspecified atom stereocenters. The molecule has 1 aliphatic carbocycles. The van der Waals surface area contributed by atoms with Crippen molar-refractivity contribution in [1.82, 2.24) is 19.5 Å². The number of rotatable bonds is 3. The highest BCUT2D eigenvalue weighted by Crippen LogP contribution is 2.43. The summed E-state index contributed by atoms with van der Waals surface area (Å²) in [5.74, 6) is -0.583. The van der Waals surface area contributed by atoms with Gasteiger partial charge in [-0.3, -0.25) is 4.79 Å². The number of halogens is 3. The summed E-state index contributed by atoms with van der Waals surface area (Å²) in [6, 6.07) is 3.96. The Morgan fingerprint density at radius 1 is 1.14 bits per heavy atom. The summed E-state index contributed by atoms with van der Waals surface area (Å²) in [5.41, 5.74) is 3.49. The maximum Gasteiger partial charge on any atom is 0.391 e. The second-order valence-corrected chi connectivity index (χ2v) is 8.72. The minimum absolute atomic E-state index is 0.0405. The average molecular weight is 408 g/mol. The first-order valence-electron chi connectivity index (χ1n) is 10.4. The maximum absolute atomic E-state index is 13.0. The van der Waals surface area contributed by atoms with Crippen LogP contribution in [0.25, 0.3) is 5.65 Å². The van der Waals surface area contributed by atoms with Gasteiger partial charge in [0, 0.05) is 36.7 Å². The molecule has 5 nitrogen and oxygen atoms in total. The Balaban J connectivity index is 1.63. The number of piperidine rings is 1. The summed E-state index contributed by atoms with van der Waals surface area (Å²) < 4.78 is 40.8. The van der Waals surface area contributed by atoms with Gasteiger partial charge in [-0.05, 0) is 51.0 Å². The van der Waals surface area contributed by atoms with Gasteiger partial charge in [0.2, 0.25) is 6.41 Å². The summed E-state index contributed by atoms with van der Waals surface area (Å²) in [6.07, 6.45) is -0.941. The number of carbonyl (C=O) groups is 1. The summed E-state index contributed by atoms with van der Waals surface area (Å²) in [4.78, 5) is 17.7. The number of nitrogens with zero attached hydrogens (tertiary/aromatic N) is 4. The van der Waals surface area contributed by atoms with Crippen LogP contribution in [0.1, 0.15) is 67.9 Å². The first-order valence-corrected chi connectivity index (χ1v) is 10.4. The minimum atomic E-state index is -4.10. The fourth-order valence-electron chi connectivity index (χ4n) is 4.90. The van der Waals surface area contributed by atoms with Gasteiger partial charge >= 0.3 is 6.18 Å². The normalized spacial score (nSPS) is 28.7. The second kappa shape index (κ2) is 7.61. The molecule has 1 saturated heterocycles. The number of carbonyl (C=O) groups excluding carboxylic acids is 1. The standard InChI is InChI=1S/C21H27F3N4O/c1-13-7-8-27(12-29)11-17(13)19-9-14(2)25-20-10-18(26-28(19)20)15-3-5-16(6-4-15)21(22,23)24/h9-10,12-13,15-17H,3-8,11H2,1-2H3/t13-,15-,16-,17-/m1/s1. The first-order chi connectivity index (χ1) is 13.8. The smallest absolute Gasteiger partial charge is 0.345 e. The predicted molar refractivity (Wildman–Crippen MR) is 103 cm³/mol. The molecule has 2 atom stereocenters. The molecular formula is C21H27F3N4O. The SMILES string of the molecule is Cc1cc([C@@H]2CN(C=O)CC[C@H]2C)n2nc([C@H]3CC[C@H](C(F)(F)F)CC3)cc2n1. The molecule has 3 heterocycles. The number of aromatic nitrogens is 3. The molecule has 2 aliphatic rings. The molecule has 2 fully saturated rings. The highest BCUT2D eigenvalue weighted by molar-refractivity contribution is 5.48. The molecule has 158 valence electrons. The molecule has 0 spiro atoms. The fourth-order valence-corrected chi connectivity index (χ4v) is 4.90. The van der Waals surface area contributed by atoms with Gasteiger partial charge in [0.05, 0.1) is 17.3 Å². The molecule has 1 saturated carbocycles. The molecule has 29 heavy (non-hydrogen) atoms. The number of hydrogen-bond donors (Lipinski definition) is 0. The quantitative estimate of drug-likeness (QED) is 0.705. The van der Waals surface area contributed by atoms with E-state index in [-0.39, 0.29) is 24.7 Å². The van der Waals surface area contributed by atoms with Crippen LogP contribution in [0.5, 0.6) is 0 Å². The Morgan fingerprint density at radius 2 is 1.86 bits per heavy atom. The van der Waals surface area contributed by atoms with Crippen molar-refractivity contribution in [3.63, 3.8) is 0 Å². The highest BCUT2D eigenvalue weighted by atomic mass is 19.4. The molecule has 0 aromatic carbocycles. The van der Waals surface area contributed by atoms with E-state index in [4.69, 9.17) is 5.10 Å². The monoisotopic (exact) mass is 408 g/mol. The minimum Gasteiger partial charge on any atom is -0.345 e. The van der Waals surface area contributed by atoms with Crippen molar-refractivity contribution in [3.8, 4) is 0 Å². The third-order valence-electron chi connectivity index (χ3n) is 6.73.